The van der Waals surface area contributed by atoms with Crippen LogP contribution < -0.4 is 21.5 Å². The zero-order valence-electron chi connectivity index (χ0n) is 17.4. The smallest absolute Gasteiger partial charge is 0.266 e. The van der Waals surface area contributed by atoms with Gasteiger partial charge in [0.1, 0.15) is 5.82 Å². The molecule has 3 aromatic carbocycles. The van der Waals surface area contributed by atoms with Crippen LogP contribution >= 0.6 is 0 Å². The van der Waals surface area contributed by atoms with E-state index in [0.717, 1.165) is 26.3 Å². The second-order valence-electron chi connectivity index (χ2n) is 7.98. The largest absolute Gasteiger partial charge is 0.384 e. The second kappa shape index (κ2) is 6.72. The van der Waals surface area contributed by atoms with Gasteiger partial charge in [0.05, 0.1) is 33.6 Å². The quantitative estimate of drug-likeness (QED) is 0.451. The summed E-state index contributed by atoms with van der Waals surface area (Å²) in [4.78, 5) is 64.2. The highest BCUT2D eigenvalue weighted by Gasteiger charge is 2.38. The Morgan fingerprint density at radius 3 is 2.15 bits per heavy atom. The van der Waals surface area contributed by atoms with E-state index in [1.807, 2.05) is 30.3 Å². The molecule has 0 saturated carbocycles. The Morgan fingerprint density at radius 2 is 1.35 bits per heavy atom. The molecule has 4 amide bonds. The Balaban J connectivity index is 1.46. The Hall–Kier alpha value is -5.05. The van der Waals surface area contributed by atoms with E-state index >= 15 is 0 Å². The predicted molar refractivity (Wildman–Crippen MR) is 123 cm³/mol. The minimum absolute atomic E-state index is 0.0985. The molecule has 3 heterocycles. The molecule has 3 N–H and O–H groups in total. The van der Waals surface area contributed by atoms with Gasteiger partial charge in [-0.3, -0.25) is 33.9 Å². The summed E-state index contributed by atoms with van der Waals surface area (Å²) in [6.07, 6.45) is 0. The number of nitrogens with one attached hydrogen (secondary N) is 1. The number of aromatic nitrogens is 1. The first kappa shape index (κ1) is 19.6. The van der Waals surface area contributed by atoms with Crippen LogP contribution in [0.2, 0.25) is 0 Å². The van der Waals surface area contributed by atoms with Gasteiger partial charge in [-0.25, -0.2) is 4.90 Å². The molecule has 0 fully saturated rings. The van der Waals surface area contributed by atoms with E-state index in [2.05, 4.69) is 5.32 Å². The number of fused-ring (bicyclic) bond motifs is 3. The van der Waals surface area contributed by atoms with Gasteiger partial charge in [-0.05, 0) is 41.1 Å². The van der Waals surface area contributed by atoms with Crippen molar-refractivity contribution in [1.82, 2.24) is 9.88 Å². The molecule has 34 heavy (non-hydrogen) atoms. The molecule has 1 aromatic heterocycles. The molecule has 0 saturated heterocycles. The Bertz CT molecular complexity index is 1700. The lowest BCUT2D eigenvalue weighted by molar-refractivity contribution is 0.0874. The summed E-state index contributed by atoms with van der Waals surface area (Å²) in [6, 6.07) is 18.2. The number of pyridine rings is 1. The second-order valence-corrected chi connectivity index (χ2v) is 7.98. The molecule has 2 aliphatic heterocycles. The molecule has 4 aromatic rings. The monoisotopic (exact) mass is 450 g/mol. The van der Waals surface area contributed by atoms with Crippen molar-refractivity contribution in [2.45, 2.75) is 0 Å². The summed E-state index contributed by atoms with van der Waals surface area (Å²) in [7, 11) is 0. The lowest BCUT2D eigenvalue weighted by Crippen LogP contribution is -2.29. The highest BCUT2D eigenvalue weighted by atomic mass is 16.2. The van der Waals surface area contributed by atoms with Crippen molar-refractivity contribution in [3.8, 4) is 5.69 Å². The zero-order valence-corrected chi connectivity index (χ0v) is 17.4. The minimum Gasteiger partial charge on any atom is -0.384 e. The summed E-state index contributed by atoms with van der Waals surface area (Å²) < 4.78 is 1.04. The molecule has 0 atom stereocenters. The van der Waals surface area contributed by atoms with E-state index in [9.17, 15) is 24.0 Å². The number of nitrogens with zero attached hydrogens (tertiary/aromatic N) is 2. The Kier molecular flexibility index (Phi) is 3.88. The summed E-state index contributed by atoms with van der Waals surface area (Å²) in [6.45, 7) is 0. The van der Waals surface area contributed by atoms with Gasteiger partial charge >= 0.3 is 0 Å². The number of carbonyl (C=O) groups excluding carboxylic acids is 4. The first-order chi connectivity index (χ1) is 16.3. The standard InChI is InChI=1S/C25H14N4O5/c26-21-20-18(22(31)27-23(20)32)11-19(30)28(21)15-7-8-16-17(10-15)25(34)29(24(16)33)14-6-5-12-3-1-2-4-13(12)9-14/h1-11H,26H2,(H,27,31,32). The van der Waals surface area contributed by atoms with Gasteiger partial charge in [-0.1, -0.05) is 30.3 Å². The number of anilines is 2. The fraction of sp³-hybridized carbons (Fsp3) is 0. The van der Waals surface area contributed by atoms with Crippen molar-refractivity contribution >= 4 is 45.9 Å². The van der Waals surface area contributed by atoms with Crippen molar-refractivity contribution in [2.24, 2.45) is 0 Å². The number of hydrogen-bond donors (Lipinski definition) is 2. The molecule has 6 rings (SSSR count). The molecule has 2 aliphatic rings. The molecule has 0 unspecified atom stereocenters. The van der Waals surface area contributed by atoms with Gasteiger partial charge in [0.2, 0.25) is 0 Å². The summed E-state index contributed by atoms with van der Waals surface area (Å²) >= 11 is 0. The van der Waals surface area contributed by atoms with Gasteiger partial charge < -0.3 is 5.73 Å². The maximum atomic E-state index is 13.3. The average molecular weight is 450 g/mol. The summed E-state index contributed by atoms with van der Waals surface area (Å²) in [5.74, 6) is -2.66. The van der Waals surface area contributed by atoms with Crippen molar-refractivity contribution in [3.05, 3.63) is 99.3 Å². The highest BCUT2D eigenvalue weighted by Crippen LogP contribution is 2.32. The highest BCUT2D eigenvalue weighted by molar-refractivity contribution is 6.34. The van der Waals surface area contributed by atoms with E-state index in [1.54, 1.807) is 12.1 Å². The number of nitrogen functional groups attached to an aromatic ring is 1. The summed E-state index contributed by atoms with van der Waals surface area (Å²) in [5.41, 5.74) is 6.13. The molecule has 164 valence electrons. The fourth-order valence-electron chi connectivity index (χ4n) is 4.46. The van der Waals surface area contributed by atoms with Crippen LogP contribution in [0.15, 0.2) is 71.5 Å². The van der Waals surface area contributed by atoms with Crippen molar-refractivity contribution in [3.63, 3.8) is 0 Å². The molecule has 0 bridgehead atoms. The first-order valence-corrected chi connectivity index (χ1v) is 10.3. The lowest BCUT2D eigenvalue weighted by atomic mass is 10.1. The van der Waals surface area contributed by atoms with E-state index in [1.165, 1.54) is 18.2 Å². The molecular weight excluding hydrogens is 436 g/mol. The van der Waals surface area contributed by atoms with Crippen LogP contribution in [0.1, 0.15) is 41.4 Å². The van der Waals surface area contributed by atoms with Crippen LogP contribution in [0.3, 0.4) is 0 Å². The van der Waals surface area contributed by atoms with Gasteiger partial charge in [0, 0.05) is 6.07 Å². The van der Waals surface area contributed by atoms with E-state index < -0.39 is 29.2 Å². The van der Waals surface area contributed by atoms with Crippen LogP contribution in [-0.4, -0.2) is 28.2 Å². The van der Waals surface area contributed by atoms with Crippen LogP contribution in [0.5, 0.6) is 0 Å². The van der Waals surface area contributed by atoms with Gasteiger partial charge in [-0.15, -0.1) is 0 Å². The van der Waals surface area contributed by atoms with Crippen molar-refractivity contribution in [2.75, 3.05) is 10.6 Å². The fourth-order valence-corrected chi connectivity index (χ4v) is 4.46. The molecular formula is C25H14N4O5. The maximum absolute atomic E-state index is 13.3. The SMILES string of the molecule is Nc1c2c(cc(=O)n1-c1ccc3c(c1)C(=O)N(c1ccc4ccccc4c1)C3=O)C(=O)NC2=O. The molecule has 9 nitrogen and oxygen atoms in total. The molecule has 0 radical (unpaired) electrons. The summed E-state index contributed by atoms with van der Waals surface area (Å²) in [5, 5.41) is 3.95. The number of hydrogen-bond acceptors (Lipinski definition) is 6. The third kappa shape index (κ3) is 2.58. The van der Waals surface area contributed by atoms with E-state index in [-0.39, 0.29) is 33.8 Å². The average Bonchev–Trinajstić information content (AvgIpc) is 3.25. The Morgan fingerprint density at radius 1 is 0.647 bits per heavy atom. The van der Waals surface area contributed by atoms with Crippen LogP contribution in [-0.2, 0) is 0 Å². The number of rotatable bonds is 2. The molecule has 0 aliphatic carbocycles. The van der Waals surface area contributed by atoms with Gasteiger partial charge in [0.15, 0.2) is 0 Å². The van der Waals surface area contributed by atoms with Gasteiger partial charge in [0.25, 0.3) is 29.2 Å². The zero-order chi connectivity index (χ0) is 23.7. The van der Waals surface area contributed by atoms with Gasteiger partial charge in [-0.2, -0.15) is 0 Å². The number of nitrogens with two attached hydrogens (primary N) is 1. The molecule has 9 heteroatoms. The third-order valence-corrected chi connectivity index (χ3v) is 6.07. The lowest BCUT2D eigenvalue weighted by Gasteiger charge is -2.14. The predicted octanol–water partition coefficient (Wildman–Crippen LogP) is 2.26. The third-order valence-electron chi connectivity index (χ3n) is 6.07. The van der Waals surface area contributed by atoms with Crippen molar-refractivity contribution in [1.29, 1.82) is 0 Å². The van der Waals surface area contributed by atoms with Crippen LogP contribution in [0.4, 0.5) is 11.5 Å². The minimum atomic E-state index is -0.707. The molecule has 0 spiro atoms. The number of imide groups is 2. The van der Waals surface area contributed by atoms with E-state index in [4.69, 9.17) is 5.73 Å². The first-order valence-electron chi connectivity index (χ1n) is 10.3. The van der Waals surface area contributed by atoms with E-state index in [0.29, 0.717) is 5.69 Å². The topological polar surface area (TPSA) is 132 Å². The van der Waals surface area contributed by atoms with Crippen LogP contribution in [0.25, 0.3) is 16.5 Å². The van der Waals surface area contributed by atoms with Crippen LogP contribution in [0, 0.1) is 0 Å². The maximum Gasteiger partial charge on any atom is 0.266 e. The number of carbonyl (C=O) groups is 4. The Labute approximate surface area is 191 Å². The number of benzene rings is 3. The number of amides is 4. The normalized spacial score (nSPS) is 14.5. The van der Waals surface area contributed by atoms with Crippen molar-refractivity contribution < 1.29 is 19.2 Å².